The molecule has 0 unspecified atom stereocenters. The van der Waals surface area contributed by atoms with Gasteiger partial charge in [0.1, 0.15) is 0 Å². The monoisotopic (exact) mass is 269 g/mol. The average Bonchev–Trinajstić information content (AvgIpc) is 2.48. The average molecular weight is 269 g/mol. The number of carbonyl (C=O) groups is 1. The number of rotatable bonds is 4. The first-order valence-corrected chi connectivity index (χ1v) is 6.74. The molecule has 1 aromatic carbocycles. The molecule has 0 spiro atoms. The summed E-state index contributed by atoms with van der Waals surface area (Å²) in [6.07, 6.45) is 2.60. The number of aryl methyl sites for hydroxylation is 2. The summed E-state index contributed by atoms with van der Waals surface area (Å²) in [6.45, 7) is 4.49. The lowest BCUT2D eigenvalue weighted by Gasteiger charge is -2.13. The van der Waals surface area contributed by atoms with Gasteiger partial charge >= 0.3 is 6.03 Å². The minimum absolute atomic E-state index is 0.209. The van der Waals surface area contributed by atoms with Crippen LogP contribution in [0.3, 0.4) is 0 Å². The number of carbonyl (C=O) groups excluding carboxylic acids is 1. The highest BCUT2D eigenvalue weighted by molar-refractivity contribution is 5.91. The Morgan fingerprint density at radius 1 is 1.20 bits per heavy atom. The number of hydrogen-bond acceptors (Lipinski definition) is 2. The molecule has 0 radical (unpaired) electrons. The molecule has 0 fully saturated rings. The summed E-state index contributed by atoms with van der Waals surface area (Å²) in [5.74, 6) is 0. The number of para-hydroxylation sites is 1. The maximum Gasteiger partial charge on any atom is 0.319 e. The van der Waals surface area contributed by atoms with Crippen molar-refractivity contribution in [3.05, 3.63) is 59.4 Å². The maximum atomic E-state index is 12.0. The van der Waals surface area contributed by atoms with E-state index in [2.05, 4.69) is 22.5 Å². The van der Waals surface area contributed by atoms with Gasteiger partial charge in [0.05, 0.1) is 12.2 Å². The quantitative estimate of drug-likeness (QED) is 0.895. The predicted molar refractivity (Wildman–Crippen MR) is 80.7 cm³/mol. The number of amides is 2. The van der Waals surface area contributed by atoms with Gasteiger partial charge in [0.2, 0.25) is 0 Å². The van der Waals surface area contributed by atoms with Crippen molar-refractivity contribution in [3.8, 4) is 0 Å². The molecule has 20 heavy (non-hydrogen) atoms. The van der Waals surface area contributed by atoms with E-state index < -0.39 is 0 Å². The van der Waals surface area contributed by atoms with Gasteiger partial charge in [0, 0.05) is 11.9 Å². The van der Waals surface area contributed by atoms with Gasteiger partial charge < -0.3 is 10.6 Å². The normalized spacial score (nSPS) is 10.1. The number of hydrogen-bond donors (Lipinski definition) is 2. The lowest BCUT2D eigenvalue weighted by atomic mass is 10.1. The van der Waals surface area contributed by atoms with Crippen LogP contribution in [0.5, 0.6) is 0 Å². The van der Waals surface area contributed by atoms with Crippen molar-refractivity contribution >= 4 is 11.7 Å². The summed E-state index contributed by atoms with van der Waals surface area (Å²) in [5.41, 5.74) is 3.94. The van der Waals surface area contributed by atoms with E-state index in [1.54, 1.807) is 6.20 Å². The lowest BCUT2D eigenvalue weighted by molar-refractivity contribution is 0.251. The van der Waals surface area contributed by atoms with Gasteiger partial charge in [-0.3, -0.25) is 4.98 Å². The van der Waals surface area contributed by atoms with E-state index in [9.17, 15) is 4.79 Å². The zero-order valence-electron chi connectivity index (χ0n) is 11.8. The number of benzene rings is 1. The molecule has 0 saturated heterocycles. The third kappa shape index (κ3) is 3.57. The molecule has 0 aliphatic carbocycles. The Bertz CT molecular complexity index is 582. The van der Waals surface area contributed by atoms with Gasteiger partial charge in [-0.15, -0.1) is 0 Å². The molecule has 0 atom stereocenters. The Labute approximate surface area is 119 Å². The highest BCUT2D eigenvalue weighted by Gasteiger charge is 2.08. The van der Waals surface area contributed by atoms with E-state index in [0.29, 0.717) is 6.54 Å². The van der Waals surface area contributed by atoms with Gasteiger partial charge in [-0.1, -0.05) is 31.2 Å². The van der Waals surface area contributed by atoms with Crippen molar-refractivity contribution in [2.24, 2.45) is 0 Å². The van der Waals surface area contributed by atoms with Gasteiger partial charge in [-0.25, -0.2) is 4.79 Å². The molecule has 0 saturated carbocycles. The summed E-state index contributed by atoms with van der Waals surface area (Å²) in [5, 5.41) is 5.74. The first-order valence-electron chi connectivity index (χ1n) is 6.74. The third-order valence-electron chi connectivity index (χ3n) is 3.13. The second-order valence-corrected chi connectivity index (χ2v) is 4.59. The summed E-state index contributed by atoms with van der Waals surface area (Å²) >= 11 is 0. The van der Waals surface area contributed by atoms with Crippen LogP contribution in [0, 0.1) is 6.92 Å². The standard InChI is InChI=1S/C16H19N3O/c1-3-13-8-6-7-12(2)15(13)19-16(20)18-11-14-9-4-5-10-17-14/h4-10H,3,11H2,1-2H3,(H2,18,19,20). The van der Waals surface area contributed by atoms with Crippen LogP contribution >= 0.6 is 0 Å². The number of anilines is 1. The fourth-order valence-corrected chi connectivity index (χ4v) is 2.03. The van der Waals surface area contributed by atoms with Crippen LogP contribution in [-0.4, -0.2) is 11.0 Å². The van der Waals surface area contributed by atoms with E-state index in [-0.39, 0.29) is 6.03 Å². The van der Waals surface area contributed by atoms with Gasteiger partial charge in [-0.05, 0) is 36.6 Å². The van der Waals surface area contributed by atoms with Crippen molar-refractivity contribution in [2.45, 2.75) is 26.8 Å². The molecule has 0 bridgehead atoms. The van der Waals surface area contributed by atoms with Crippen LogP contribution in [0.15, 0.2) is 42.6 Å². The topological polar surface area (TPSA) is 54.0 Å². The SMILES string of the molecule is CCc1cccc(C)c1NC(=O)NCc1ccccn1. The number of nitrogens with one attached hydrogen (secondary N) is 2. The predicted octanol–water partition coefficient (Wildman–Crippen LogP) is 3.27. The van der Waals surface area contributed by atoms with Crippen molar-refractivity contribution in [3.63, 3.8) is 0 Å². The van der Waals surface area contributed by atoms with Crippen molar-refractivity contribution < 1.29 is 4.79 Å². The zero-order valence-corrected chi connectivity index (χ0v) is 11.8. The minimum atomic E-state index is -0.209. The molecule has 2 amide bonds. The highest BCUT2D eigenvalue weighted by atomic mass is 16.2. The van der Waals surface area contributed by atoms with Gasteiger partial charge in [0.15, 0.2) is 0 Å². The second-order valence-electron chi connectivity index (χ2n) is 4.59. The largest absolute Gasteiger partial charge is 0.332 e. The van der Waals surface area contributed by atoms with E-state index in [1.165, 1.54) is 0 Å². The summed E-state index contributed by atoms with van der Waals surface area (Å²) in [7, 11) is 0. The number of nitrogens with zero attached hydrogens (tertiary/aromatic N) is 1. The minimum Gasteiger partial charge on any atom is -0.332 e. The molecule has 2 rings (SSSR count). The Balaban J connectivity index is 1.98. The molecule has 4 heteroatoms. The summed E-state index contributed by atoms with van der Waals surface area (Å²) < 4.78 is 0. The van der Waals surface area contributed by atoms with Crippen LogP contribution in [0.25, 0.3) is 0 Å². The summed E-state index contributed by atoms with van der Waals surface area (Å²) in [6, 6.07) is 11.5. The molecule has 2 N–H and O–H groups in total. The van der Waals surface area contributed by atoms with Gasteiger partial charge in [0.25, 0.3) is 0 Å². The van der Waals surface area contributed by atoms with Gasteiger partial charge in [-0.2, -0.15) is 0 Å². The van der Waals surface area contributed by atoms with Crippen LogP contribution in [0.4, 0.5) is 10.5 Å². The maximum absolute atomic E-state index is 12.0. The number of aromatic nitrogens is 1. The number of pyridine rings is 1. The Hall–Kier alpha value is -2.36. The van der Waals surface area contributed by atoms with Crippen LogP contribution in [0.1, 0.15) is 23.7 Å². The van der Waals surface area contributed by atoms with Crippen molar-refractivity contribution in [2.75, 3.05) is 5.32 Å². The third-order valence-corrected chi connectivity index (χ3v) is 3.13. The molecule has 4 nitrogen and oxygen atoms in total. The van der Waals surface area contributed by atoms with E-state index in [1.807, 2.05) is 43.3 Å². The van der Waals surface area contributed by atoms with Crippen LogP contribution < -0.4 is 10.6 Å². The van der Waals surface area contributed by atoms with Crippen LogP contribution in [0.2, 0.25) is 0 Å². The second kappa shape index (κ2) is 6.70. The van der Waals surface area contributed by atoms with E-state index >= 15 is 0 Å². The fourth-order valence-electron chi connectivity index (χ4n) is 2.03. The lowest BCUT2D eigenvalue weighted by Crippen LogP contribution is -2.29. The number of urea groups is 1. The first-order chi connectivity index (χ1) is 9.70. The molecule has 1 heterocycles. The van der Waals surface area contributed by atoms with Crippen LogP contribution in [-0.2, 0) is 13.0 Å². The molecule has 1 aromatic heterocycles. The smallest absolute Gasteiger partial charge is 0.319 e. The van der Waals surface area contributed by atoms with Crippen molar-refractivity contribution in [1.82, 2.24) is 10.3 Å². The zero-order chi connectivity index (χ0) is 14.4. The molecular formula is C16H19N3O. The highest BCUT2D eigenvalue weighted by Crippen LogP contribution is 2.20. The molecule has 0 aliphatic rings. The Morgan fingerprint density at radius 2 is 2.05 bits per heavy atom. The van der Waals surface area contributed by atoms with Crippen molar-refractivity contribution in [1.29, 1.82) is 0 Å². The van der Waals surface area contributed by atoms with E-state index in [4.69, 9.17) is 0 Å². The summed E-state index contributed by atoms with van der Waals surface area (Å²) in [4.78, 5) is 16.1. The molecule has 2 aromatic rings. The Kier molecular flexibility index (Phi) is 4.71. The molecule has 104 valence electrons. The Morgan fingerprint density at radius 3 is 2.75 bits per heavy atom. The molecule has 0 aliphatic heterocycles. The fraction of sp³-hybridized carbons (Fsp3) is 0.250. The van der Waals surface area contributed by atoms with E-state index in [0.717, 1.165) is 28.9 Å². The molecular weight excluding hydrogens is 250 g/mol. The first kappa shape index (κ1) is 14.1.